The minimum atomic E-state index is 0.621. The van der Waals surface area contributed by atoms with E-state index in [1.807, 2.05) is 12.1 Å². The van der Waals surface area contributed by atoms with Crippen molar-refractivity contribution in [2.75, 3.05) is 19.0 Å². The molecule has 0 atom stereocenters. The lowest BCUT2D eigenvalue weighted by Gasteiger charge is -2.15. The third kappa shape index (κ3) is 6.50. The summed E-state index contributed by atoms with van der Waals surface area (Å²) in [5.41, 5.74) is 1.08. The fraction of sp³-hybridized carbons (Fsp3) is 0.562. The Balaban J connectivity index is 2.82. The largest absolute Gasteiger partial charge is 0.493 e. The molecule has 1 aromatic rings. The van der Waals surface area contributed by atoms with Gasteiger partial charge in [0.15, 0.2) is 0 Å². The molecule has 5 heteroatoms. The molecule has 1 aromatic carbocycles. The molecule has 0 spiro atoms. The van der Waals surface area contributed by atoms with Crippen LogP contribution in [0.1, 0.15) is 38.7 Å². The van der Waals surface area contributed by atoms with Crippen LogP contribution in [0.25, 0.3) is 0 Å². The van der Waals surface area contributed by atoms with Crippen molar-refractivity contribution in [2.45, 2.75) is 39.5 Å². The molecule has 0 radical (unpaired) electrons. The second-order valence-corrected chi connectivity index (χ2v) is 5.92. The summed E-state index contributed by atoms with van der Waals surface area (Å²) in [6.07, 6.45) is 3.67. The second-order valence-electron chi connectivity index (χ2n) is 4.63. The van der Waals surface area contributed by atoms with Crippen molar-refractivity contribution >= 4 is 23.4 Å². The third-order valence-corrected chi connectivity index (χ3v) is 3.71. The zero-order chi connectivity index (χ0) is 15.5. The van der Waals surface area contributed by atoms with E-state index in [0.717, 1.165) is 42.7 Å². The number of hydrogen-bond acceptors (Lipinski definition) is 4. The number of hydrogen-bond donors (Lipinski definition) is 0. The van der Waals surface area contributed by atoms with Gasteiger partial charge in [-0.2, -0.15) is 5.26 Å². The summed E-state index contributed by atoms with van der Waals surface area (Å²) in [6.45, 7) is 5.46. The van der Waals surface area contributed by atoms with Crippen LogP contribution < -0.4 is 9.47 Å². The Bertz CT molecular complexity index is 474. The van der Waals surface area contributed by atoms with Crippen molar-refractivity contribution in [3.8, 4) is 16.9 Å². The highest BCUT2D eigenvalue weighted by Crippen LogP contribution is 2.34. The molecule has 0 saturated carbocycles. The summed E-state index contributed by atoms with van der Waals surface area (Å²) >= 11 is 7.55. The Hall–Kier alpha value is -1.05. The van der Waals surface area contributed by atoms with E-state index in [2.05, 4.69) is 19.2 Å². The van der Waals surface area contributed by atoms with Gasteiger partial charge in [0.25, 0.3) is 0 Å². The number of nitrogens with zero attached hydrogens (tertiary/aromatic N) is 1. The first-order valence-corrected chi connectivity index (χ1v) is 8.68. The number of aryl methyl sites for hydroxylation is 1. The zero-order valence-corrected chi connectivity index (χ0v) is 14.2. The van der Waals surface area contributed by atoms with Gasteiger partial charge >= 0.3 is 0 Å². The number of thiocyanates is 1. The van der Waals surface area contributed by atoms with Crippen molar-refractivity contribution in [1.82, 2.24) is 0 Å². The summed E-state index contributed by atoms with van der Waals surface area (Å²) in [5, 5.41) is 11.3. The maximum absolute atomic E-state index is 8.55. The highest BCUT2D eigenvalue weighted by molar-refractivity contribution is 8.03. The lowest BCUT2D eigenvalue weighted by atomic mass is 10.1. The van der Waals surface area contributed by atoms with Crippen LogP contribution in [0, 0.1) is 10.7 Å². The Morgan fingerprint density at radius 2 is 1.81 bits per heavy atom. The highest BCUT2D eigenvalue weighted by atomic mass is 35.5. The minimum absolute atomic E-state index is 0.621. The first kappa shape index (κ1) is 18.0. The zero-order valence-electron chi connectivity index (χ0n) is 12.7. The second kappa shape index (κ2) is 10.6. The van der Waals surface area contributed by atoms with E-state index in [1.165, 1.54) is 11.8 Å². The standard InChI is InChI=1S/C16H22ClNO2S/c1-3-7-19-15-11-16(20-8-4-2)14(17)10-13(15)6-5-9-21-12-18/h10-11H,3-9H2,1-2H3. The molecule has 0 aliphatic heterocycles. The Labute approximate surface area is 136 Å². The average molecular weight is 328 g/mol. The van der Waals surface area contributed by atoms with Crippen molar-refractivity contribution in [1.29, 1.82) is 5.26 Å². The summed E-state index contributed by atoms with van der Waals surface area (Å²) in [6, 6.07) is 3.81. The third-order valence-electron chi connectivity index (χ3n) is 2.80. The Morgan fingerprint density at radius 3 is 2.43 bits per heavy atom. The van der Waals surface area contributed by atoms with Crippen LogP contribution in [-0.4, -0.2) is 19.0 Å². The smallest absolute Gasteiger partial charge is 0.141 e. The molecule has 0 unspecified atom stereocenters. The molecule has 0 saturated heterocycles. The molecular formula is C16H22ClNO2S. The molecule has 0 aliphatic rings. The molecule has 1 rings (SSSR count). The van der Waals surface area contributed by atoms with Crippen LogP contribution in [-0.2, 0) is 6.42 Å². The number of benzene rings is 1. The molecule has 0 fully saturated rings. The maximum Gasteiger partial charge on any atom is 0.141 e. The molecule has 3 nitrogen and oxygen atoms in total. The lowest BCUT2D eigenvalue weighted by Crippen LogP contribution is -2.02. The van der Waals surface area contributed by atoms with E-state index >= 15 is 0 Å². The number of nitriles is 1. The fourth-order valence-corrected chi connectivity index (χ4v) is 2.44. The van der Waals surface area contributed by atoms with Gasteiger partial charge in [-0.1, -0.05) is 25.4 Å². The summed E-state index contributed by atoms with van der Waals surface area (Å²) in [7, 11) is 0. The molecule has 21 heavy (non-hydrogen) atoms. The van der Waals surface area contributed by atoms with E-state index < -0.39 is 0 Å². The van der Waals surface area contributed by atoms with Crippen LogP contribution >= 0.6 is 23.4 Å². The van der Waals surface area contributed by atoms with E-state index in [0.29, 0.717) is 24.0 Å². The van der Waals surface area contributed by atoms with Gasteiger partial charge in [-0.15, -0.1) is 0 Å². The number of ether oxygens (including phenoxy) is 2. The van der Waals surface area contributed by atoms with Gasteiger partial charge in [0, 0.05) is 11.8 Å². The SMILES string of the molecule is CCCOc1cc(OCCC)c(CCCSC#N)cc1Cl. The van der Waals surface area contributed by atoms with E-state index in [9.17, 15) is 0 Å². The van der Waals surface area contributed by atoms with Crippen molar-refractivity contribution in [3.05, 3.63) is 22.7 Å². The topological polar surface area (TPSA) is 42.2 Å². The first-order valence-electron chi connectivity index (χ1n) is 7.31. The quantitative estimate of drug-likeness (QED) is 0.444. The molecular weight excluding hydrogens is 306 g/mol. The van der Waals surface area contributed by atoms with Gasteiger partial charge < -0.3 is 9.47 Å². The summed E-state index contributed by atoms with van der Waals surface area (Å²) in [5.74, 6) is 2.34. The Kier molecular flexibility index (Phi) is 9.12. The predicted octanol–water partition coefficient (Wildman–Crippen LogP) is 5.06. The average Bonchev–Trinajstić information content (AvgIpc) is 2.49. The number of thioether (sulfide) groups is 1. The molecule has 0 heterocycles. The summed E-state index contributed by atoms with van der Waals surface area (Å²) < 4.78 is 11.5. The normalized spacial score (nSPS) is 10.2. The van der Waals surface area contributed by atoms with E-state index in [-0.39, 0.29) is 0 Å². The van der Waals surface area contributed by atoms with Crippen LogP contribution in [0.4, 0.5) is 0 Å². The van der Waals surface area contributed by atoms with Gasteiger partial charge in [-0.05, 0) is 49.1 Å². The lowest BCUT2D eigenvalue weighted by molar-refractivity contribution is 0.299. The van der Waals surface area contributed by atoms with Crippen LogP contribution in [0.2, 0.25) is 5.02 Å². The summed E-state index contributed by atoms with van der Waals surface area (Å²) in [4.78, 5) is 0. The van der Waals surface area contributed by atoms with Crippen molar-refractivity contribution in [2.24, 2.45) is 0 Å². The molecule has 0 aromatic heterocycles. The van der Waals surface area contributed by atoms with Crippen molar-refractivity contribution in [3.63, 3.8) is 0 Å². The fourth-order valence-electron chi connectivity index (χ4n) is 1.82. The van der Waals surface area contributed by atoms with Gasteiger partial charge in [0.05, 0.1) is 18.2 Å². The van der Waals surface area contributed by atoms with Crippen LogP contribution in [0.15, 0.2) is 12.1 Å². The van der Waals surface area contributed by atoms with Gasteiger partial charge in [0.2, 0.25) is 0 Å². The molecule has 0 amide bonds. The molecule has 0 bridgehead atoms. The predicted molar refractivity (Wildman–Crippen MR) is 89.4 cm³/mol. The van der Waals surface area contributed by atoms with Crippen molar-refractivity contribution < 1.29 is 9.47 Å². The van der Waals surface area contributed by atoms with Crippen LogP contribution in [0.3, 0.4) is 0 Å². The molecule has 0 N–H and O–H groups in total. The Morgan fingerprint density at radius 1 is 1.14 bits per heavy atom. The molecule has 116 valence electrons. The van der Waals surface area contributed by atoms with Gasteiger partial charge in [-0.25, -0.2) is 0 Å². The van der Waals surface area contributed by atoms with Crippen LogP contribution in [0.5, 0.6) is 11.5 Å². The number of halogens is 1. The highest BCUT2D eigenvalue weighted by Gasteiger charge is 2.11. The number of rotatable bonds is 10. The minimum Gasteiger partial charge on any atom is -0.493 e. The monoisotopic (exact) mass is 327 g/mol. The maximum atomic E-state index is 8.55. The first-order chi connectivity index (χ1) is 10.2. The van der Waals surface area contributed by atoms with E-state index in [1.54, 1.807) is 0 Å². The molecule has 0 aliphatic carbocycles. The van der Waals surface area contributed by atoms with Gasteiger partial charge in [0.1, 0.15) is 16.9 Å². The van der Waals surface area contributed by atoms with Gasteiger partial charge in [-0.3, -0.25) is 0 Å². The van der Waals surface area contributed by atoms with E-state index in [4.69, 9.17) is 26.3 Å².